The molecule has 0 saturated heterocycles. The van der Waals surface area contributed by atoms with Crippen molar-refractivity contribution in [3.63, 3.8) is 0 Å². The normalized spacial score (nSPS) is 11.5. The summed E-state index contributed by atoms with van der Waals surface area (Å²) >= 11 is 0. The molecule has 22 heavy (non-hydrogen) atoms. The van der Waals surface area contributed by atoms with Crippen molar-refractivity contribution < 1.29 is 9.47 Å². The van der Waals surface area contributed by atoms with Crippen LogP contribution in [0, 0.1) is 5.92 Å². The van der Waals surface area contributed by atoms with Gasteiger partial charge >= 0.3 is 0 Å². The fourth-order valence-electron chi connectivity index (χ4n) is 2.21. The summed E-state index contributed by atoms with van der Waals surface area (Å²) in [6.45, 7) is 6.03. The summed E-state index contributed by atoms with van der Waals surface area (Å²) in [5.74, 6) is 3.03. The minimum atomic E-state index is 0.629. The molecule has 1 aromatic carbocycles. The topological polar surface area (TPSA) is 54.9 Å². The molecule has 1 rings (SSSR count). The van der Waals surface area contributed by atoms with E-state index < -0.39 is 0 Å². The van der Waals surface area contributed by atoms with Crippen LogP contribution in [0.15, 0.2) is 23.2 Å². The van der Waals surface area contributed by atoms with Crippen LogP contribution in [0.5, 0.6) is 11.5 Å². The van der Waals surface area contributed by atoms with Crippen LogP contribution in [-0.2, 0) is 6.54 Å². The first-order chi connectivity index (χ1) is 10.6. The van der Waals surface area contributed by atoms with E-state index in [1.165, 1.54) is 6.42 Å². The van der Waals surface area contributed by atoms with Gasteiger partial charge in [0, 0.05) is 25.7 Å². The zero-order chi connectivity index (χ0) is 16.4. The van der Waals surface area contributed by atoms with Crippen molar-refractivity contribution in [1.29, 1.82) is 0 Å². The van der Waals surface area contributed by atoms with Gasteiger partial charge < -0.3 is 20.1 Å². The van der Waals surface area contributed by atoms with Gasteiger partial charge in [-0.2, -0.15) is 0 Å². The maximum atomic E-state index is 5.43. The number of rotatable bonds is 8. The Morgan fingerprint density at radius 3 is 2.55 bits per heavy atom. The highest BCUT2D eigenvalue weighted by atomic mass is 16.5. The Morgan fingerprint density at radius 2 is 1.95 bits per heavy atom. The predicted molar refractivity (Wildman–Crippen MR) is 91.8 cm³/mol. The Balaban J connectivity index is 2.53. The van der Waals surface area contributed by atoms with Crippen LogP contribution in [0.3, 0.4) is 0 Å². The highest BCUT2D eigenvalue weighted by molar-refractivity contribution is 5.79. The third-order valence-electron chi connectivity index (χ3n) is 3.41. The summed E-state index contributed by atoms with van der Waals surface area (Å²) in [6.07, 6.45) is 2.36. The van der Waals surface area contributed by atoms with E-state index in [2.05, 4.69) is 29.5 Å². The summed E-state index contributed by atoms with van der Waals surface area (Å²) in [5, 5.41) is 6.63. The van der Waals surface area contributed by atoms with Crippen LogP contribution in [0.2, 0.25) is 0 Å². The minimum absolute atomic E-state index is 0.629. The molecule has 0 heterocycles. The lowest BCUT2D eigenvalue weighted by Crippen LogP contribution is -2.37. The van der Waals surface area contributed by atoms with Crippen molar-refractivity contribution in [2.75, 3.05) is 27.8 Å². The lowest BCUT2D eigenvalue weighted by molar-refractivity contribution is 0.351. The predicted octanol–water partition coefficient (Wildman–Crippen LogP) is 2.81. The standard InChI is InChI=1S/C17H29N3O2/c1-13(2)8-7-11-19-17(18-3)20-12-14-9-6-10-15(21-4)16(14)22-5/h6,9-10,13H,7-8,11-12H2,1-5H3,(H2,18,19,20). The third kappa shape index (κ3) is 5.84. The summed E-state index contributed by atoms with van der Waals surface area (Å²) in [6, 6.07) is 5.86. The molecule has 5 nitrogen and oxygen atoms in total. The summed E-state index contributed by atoms with van der Waals surface area (Å²) in [4.78, 5) is 4.24. The van der Waals surface area contributed by atoms with E-state index >= 15 is 0 Å². The monoisotopic (exact) mass is 307 g/mol. The lowest BCUT2D eigenvalue weighted by atomic mass is 10.1. The van der Waals surface area contributed by atoms with Gasteiger partial charge in [-0.15, -0.1) is 0 Å². The minimum Gasteiger partial charge on any atom is -0.493 e. The first-order valence-electron chi connectivity index (χ1n) is 7.76. The molecule has 0 fully saturated rings. The van der Waals surface area contributed by atoms with Crippen LogP contribution in [0.25, 0.3) is 0 Å². The number of guanidine groups is 1. The summed E-state index contributed by atoms with van der Waals surface area (Å²) in [7, 11) is 5.07. The van der Waals surface area contributed by atoms with E-state index in [0.29, 0.717) is 6.54 Å². The van der Waals surface area contributed by atoms with Crippen molar-refractivity contribution in [2.24, 2.45) is 10.9 Å². The number of nitrogens with one attached hydrogen (secondary N) is 2. The van der Waals surface area contributed by atoms with Gasteiger partial charge in [-0.3, -0.25) is 4.99 Å². The van der Waals surface area contributed by atoms with E-state index in [1.807, 2.05) is 18.2 Å². The fourth-order valence-corrected chi connectivity index (χ4v) is 2.21. The van der Waals surface area contributed by atoms with Gasteiger partial charge in [-0.25, -0.2) is 0 Å². The van der Waals surface area contributed by atoms with Crippen LogP contribution in [0.1, 0.15) is 32.3 Å². The number of ether oxygens (including phenoxy) is 2. The second-order valence-corrected chi connectivity index (χ2v) is 5.54. The molecule has 0 unspecified atom stereocenters. The van der Waals surface area contributed by atoms with Crippen molar-refractivity contribution in [1.82, 2.24) is 10.6 Å². The zero-order valence-corrected chi connectivity index (χ0v) is 14.4. The van der Waals surface area contributed by atoms with E-state index in [9.17, 15) is 0 Å². The van der Waals surface area contributed by atoms with Crippen molar-refractivity contribution in [3.05, 3.63) is 23.8 Å². The number of aliphatic imine (C=N–C) groups is 1. The molecule has 0 aromatic heterocycles. The Bertz CT molecular complexity index is 473. The van der Waals surface area contributed by atoms with Gasteiger partial charge in [0.2, 0.25) is 0 Å². The molecule has 124 valence electrons. The van der Waals surface area contributed by atoms with Crippen molar-refractivity contribution in [3.8, 4) is 11.5 Å². The molecule has 0 radical (unpaired) electrons. The second-order valence-electron chi connectivity index (χ2n) is 5.54. The van der Waals surface area contributed by atoms with E-state index in [1.54, 1.807) is 21.3 Å². The van der Waals surface area contributed by atoms with Crippen LogP contribution in [-0.4, -0.2) is 33.8 Å². The van der Waals surface area contributed by atoms with Crippen molar-refractivity contribution >= 4 is 5.96 Å². The van der Waals surface area contributed by atoms with Gasteiger partial charge in [0.15, 0.2) is 17.5 Å². The van der Waals surface area contributed by atoms with Crippen LogP contribution in [0.4, 0.5) is 0 Å². The molecule has 1 aromatic rings. The Morgan fingerprint density at radius 1 is 1.18 bits per heavy atom. The number of hydrogen-bond acceptors (Lipinski definition) is 3. The molecule has 0 spiro atoms. The van der Waals surface area contributed by atoms with Crippen molar-refractivity contribution in [2.45, 2.75) is 33.2 Å². The van der Waals surface area contributed by atoms with Gasteiger partial charge in [-0.1, -0.05) is 26.0 Å². The molecule has 0 saturated carbocycles. The first-order valence-corrected chi connectivity index (χ1v) is 7.76. The number of methoxy groups -OCH3 is 2. The molecule has 0 atom stereocenters. The average Bonchev–Trinajstić information content (AvgIpc) is 2.53. The molecule has 2 N–H and O–H groups in total. The van der Waals surface area contributed by atoms with E-state index in [4.69, 9.17) is 9.47 Å². The Kier molecular flexibility index (Phi) is 8.18. The van der Waals surface area contributed by atoms with E-state index in [0.717, 1.165) is 41.9 Å². The van der Waals surface area contributed by atoms with Crippen LogP contribution >= 0.6 is 0 Å². The molecule has 5 heteroatoms. The molecule has 0 bridgehead atoms. The largest absolute Gasteiger partial charge is 0.493 e. The highest BCUT2D eigenvalue weighted by Crippen LogP contribution is 2.30. The lowest BCUT2D eigenvalue weighted by Gasteiger charge is -2.15. The molecular weight excluding hydrogens is 278 g/mol. The number of hydrogen-bond donors (Lipinski definition) is 2. The van der Waals surface area contributed by atoms with Gasteiger partial charge in [0.1, 0.15) is 0 Å². The average molecular weight is 307 g/mol. The van der Waals surface area contributed by atoms with Gasteiger partial charge in [-0.05, 0) is 24.8 Å². The molecular formula is C17H29N3O2. The van der Waals surface area contributed by atoms with Gasteiger partial charge in [0.05, 0.1) is 14.2 Å². The quantitative estimate of drug-likeness (QED) is 0.440. The molecule has 0 amide bonds. The SMILES string of the molecule is CN=C(NCCCC(C)C)NCc1cccc(OC)c1OC. The highest BCUT2D eigenvalue weighted by Gasteiger charge is 2.09. The number of benzene rings is 1. The summed E-state index contributed by atoms with van der Waals surface area (Å²) in [5.41, 5.74) is 1.03. The first kappa shape index (κ1) is 18.1. The molecule has 0 aliphatic rings. The third-order valence-corrected chi connectivity index (χ3v) is 3.41. The fraction of sp³-hybridized carbons (Fsp3) is 0.588. The molecule has 0 aliphatic carbocycles. The Labute approximate surface area is 134 Å². The second kappa shape index (κ2) is 9.92. The maximum Gasteiger partial charge on any atom is 0.191 e. The smallest absolute Gasteiger partial charge is 0.191 e. The van der Waals surface area contributed by atoms with Crippen LogP contribution < -0.4 is 20.1 Å². The maximum absolute atomic E-state index is 5.43. The van der Waals surface area contributed by atoms with E-state index in [-0.39, 0.29) is 0 Å². The number of nitrogens with zero attached hydrogens (tertiary/aromatic N) is 1. The number of para-hydroxylation sites is 1. The zero-order valence-electron chi connectivity index (χ0n) is 14.4. The Hall–Kier alpha value is -1.91. The van der Waals surface area contributed by atoms with Gasteiger partial charge in [0.25, 0.3) is 0 Å². The summed E-state index contributed by atoms with van der Waals surface area (Å²) < 4.78 is 10.7. The molecule has 0 aliphatic heterocycles.